The molecule has 1 saturated heterocycles. The van der Waals surface area contributed by atoms with Crippen molar-refractivity contribution in [2.45, 2.75) is 32.0 Å². The number of aromatic nitrogens is 2. The normalized spacial score (nSPS) is 57.6. The molecule has 1 atom stereocenters. The maximum Gasteiger partial charge on any atom is 0.198 e. The van der Waals surface area contributed by atoms with Crippen LogP contribution in [0.25, 0.3) is 0 Å². The molecule has 76 valence electrons. The van der Waals surface area contributed by atoms with Crippen LogP contribution in [0.15, 0.2) is 16.9 Å². The first-order valence-electron chi connectivity index (χ1n) is 10.5. The van der Waals surface area contributed by atoms with E-state index < -0.39 is 61.3 Å². The molecule has 0 spiro atoms. The Morgan fingerprint density at radius 2 is 2.79 bits per heavy atom. The Hall–Kier alpha value is -0.640. The van der Waals surface area contributed by atoms with Gasteiger partial charge in [0.05, 0.1) is 4.11 Å². The molecule has 1 unspecified atom stereocenters. The average molecular weight is 270 g/mol. The number of rotatable bonds is 1. The van der Waals surface area contributed by atoms with E-state index in [4.69, 9.17) is 19.2 Å². The fourth-order valence-corrected chi connectivity index (χ4v) is 1.07. The second-order valence-electron chi connectivity index (χ2n) is 2.22. The number of hydrogen-bond donors (Lipinski definition) is 0. The van der Waals surface area contributed by atoms with Gasteiger partial charge in [0.2, 0.25) is 0 Å². The highest BCUT2D eigenvalue weighted by Gasteiger charge is 2.19. The Labute approximate surface area is 112 Å². The molecule has 0 aliphatic carbocycles. The summed E-state index contributed by atoms with van der Waals surface area (Å²) in [5, 5.41) is 0. The van der Waals surface area contributed by atoms with Crippen molar-refractivity contribution in [1.82, 2.24) is 9.97 Å². The molecule has 1 fully saturated rings. The predicted octanol–water partition coefficient (Wildman–Crippen LogP) is 2.62. The van der Waals surface area contributed by atoms with Gasteiger partial charge in [-0.1, -0.05) is 0 Å². The standard InChI is InChI=1S/C10H14BrN3/c1-8-4-2-3-7-14(8)9-5-6-12-10(11)13-9/h5-6,8H,2-4,7H2,1H3/i1D3,2D2,3D2,4D2,5D,6D,7D2,8D. The van der Waals surface area contributed by atoms with E-state index in [1.807, 2.05) is 0 Å². The van der Waals surface area contributed by atoms with Gasteiger partial charge < -0.3 is 4.90 Å². The minimum Gasteiger partial charge on any atom is -0.354 e. The largest absolute Gasteiger partial charge is 0.354 e. The lowest BCUT2D eigenvalue weighted by Crippen LogP contribution is -2.38. The molecule has 0 radical (unpaired) electrons. The van der Waals surface area contributed by atoms with Gasteiger partial charge in [0, 0.05) is 33.8 Å². The second-order valence-corrected chi connectivity index (χ2v) is 2.93. The Balaban J connectivity index is 3.07. The summed E-state index contributed by atoms with van der Waals surface area (Å²) >= 11 is 2.78. The highest BCUT2D eigenvalue weighted by Crippen LogP contribution is 2.22. The maximum absolute atomic E-state index is 8.42. The molecular formula is C10H14BrN3. The van der Waals surface area contributed by atoms with Crippen molar-refractivity contribution in [3.63, 3.8) is 0 Å². The third-order valence-electron chi connectivity index (χ3n) is 1.36. The minimum atomic E-state index is -3.81. The predicted molar refractivity (Wildman–Crippen MR) is 60.4 cm³/mol. The summed E-state index contributed by atoms with van der Waals surface area (Å²) < 4.78 is 111. The van der Waals surface area contributed by atoms with Gasteiger partial charge in [0.1, 0.15) is 5.82 Å². The summed E-state index contributed by atoms with van der Waals surface area (Å²) in [6, 6.07) is -4.74. The van der Waals surface area contributed by atoms with Gasteiger partial charge in [-0.05, 0) is 47.9 Å². The van der Waals surface area contributed by atoms with Crippen molar-refractivity contribution < 1.29 is 19.2 Å². The third kappa shape index (κ3) is 2.05. The van der Waals surface area contributed by atoms with Crippen LogP contribution < -0.4 is 4.90 Å². The van der Waals surface area contributed by atoms with Gasteiger partial charge >= 0.3 is 0 Å². The summed E-state index contributed by atoms with van der Waals surface area (Å²) in [6.45, 7) is -7.38. The SMILES string of the molecule is [2H]c1nc(Br)nc(N2C([2H])([2H])C([2H])([2H])C([2H])([2H])C([2H])([2H])C2([2H])C([2H])([2H])[2H])c1[2H]. The van der Waals surface area contributed by atoms with Crippen LogP contribution in [0.2, 0.25) is 0 Å². The molecule has 0 saturated carbocycles. The van der Waals surface area contributed by atoms with Crippen molar-refractivity contribution >= 4 is 21.7 Å². The van der Waals surface area contributed by atoms with Crippen molar-refractivity contribution in [3.8, 4) is 0 Å². The third-order valence-corrected chi connectivity index (χ3v) is 1.72. The van der Waals surface area contributed by atoms with E-state index in [1.165, 1.54) is 0 Å². The monoisotopic (exact) mass is 269 g/mol. The van der Waals surface area contributed by atoms with E-state index in [1.54, 1.807) is 0 Å². The summed E-state index contributed by atoms with van der Waals surface area (Å²) in [7, 11) is 0. The van der Waals surface area contributed by atoms with E-state index >= 15 is 0 Å². The topological polar surface area (TPSA) is 29.0 Å². The molecule has 1 aliphatic rings. The number of piperidine rings is 1. The van der Waals surface area contributed by atoms with E-state index in [0.29, 0.717) is 0 Å². The molecule has 2 heterocycles. The van der Waals surface area contributed by atoms with Crippen LogP contribution in [0, 0.1) is 0 Å². The molecule has 14 heavy (non-hydrogen) atoms. The van der Waals surface area contributed by atoms with E-state index in [9.17, 15) is 0 Å². The molecule has 0 N–H and O–H groups in total. The van der Waals surface area contributed by atoms with Crippen molar-refractivity contribution in [2.75, 3.05) is 11.4 Å². The minimum absolute atomic E-state index is 0.207. The first kappa shape index (κ1) is 2.54. The Morgan fingerprint density at radius 1 is 1.86 bits per heavy atom. The van der Waals surface area contributed by atoms with E-state index in [2.05, 4.69) is 25.9 Å². The quantitative estimate of drug-likeness (QED) is 0.734. The van der Waals surface area contributed by atoms with E-state index in [0.717, 1.165) is 0 Å². The molecule has 1 aromatic heterocycles. The summed E-state index contributed by atoms with van der Waals surface area (Å²) in [6.07, 6.45) is -12.1. The lowest BCUT2D eigenvalue weighted by molar-refractivity contribution is 0.480. The first-order valence-corrected chi connectivity index (χ1v) is 4.30. The highest BCUT2D eigenvalue weighted by molar-refractivity contribution is 9.10. The molecule has 0 bridgehead atoms. The molecule has 1 aliphatic heterocycles. The zero-order chi connectivity index (χ0) is 22.3. The van der Waals surface area contributed by atoms with Crippen LogP contribution in [0.5, 0.6) is 0 Å². The maximum atomic E-state index is 8.42. The van der Waals surface area contributed by atoms with Gasteiger partial charge in [-0.15, -0.1) is 0 Å². The van der Waals surface area contributed by atoms with Gasteiger partial charge in [0.25, 0.3) is 0 Å². The summed E-state index contributed by atoms with van der Waals surface area (Å²) in [5.41, 5.74) is 0. The Kier molecular flexibility index (Phi) is 0.771. The fourth-order valence-electron chi connectivity index (χ4n) is 0.815. The number of halogens is 1. The second kappa shape index (κ2) is 4.26. The van der Waals surface area contributed by atoms with Crippen LogP contribution in [-0.4, -0.2) is 22.5 Å². The molecule has 0 amide bonds. The lowest BCUT2D eigenvalue weighted by Gasteiger charge is -2.34. The summed E-state index contributed by atoms with van der Waals surface area (Å²) in [5.74, 6) is -1.04. The fraction of sp³-hybridized carbons (Fsp3) is 0.600. The van der Waals surface area contributed by atoms with Crippen LogP contribution in [0.3, 0.4) is 0 Å². The van der Waals surface area contributed by atoms with Gasteiger partial charge in [0.15, 0.2) is 4.73 Å². The zero-order valence-electron chi connectivity index (χ0n) is 20.7. The van der Waals surface area contributed by atoms with Crippen LogP contribution in [0.1, 0.15) is 45.2 Å². The summed E-state index contributed by atoms with van der Waals surface area (Å²) in [4.78, 5) is 6.85. The molecular weight excluding hydrogens is 242 g/mol. The Morgan fingerprint density at radius 3 is 3.64 bits per heavy atom. The number of anilines is 1. The number of nitrogens with zero attached hydrogens (tertiary/aromatic N) is 3. The molecule has 1 aromatic rings. The van der Waals surface area contributed by atoms with Crippen molar-refractivity contribution in [1.29, 1.82) is 0 Å². The molecule has 0 aromatic carbocycles. The van der Waals surface area contributed by atoms with E-state index in [-0.39, 0.29) is 4.90 Å². The molecule has 2 rings (SSSR count). The lowest BCUT2D eigenvalue weighted by atomic mass is 10.0. The van der Waals surface area contributed by atoms with Crippen molar-refractivity contribution in [2.24, 2.45) is 0 Å². The van der Waals surface area contributed by atoms with Gasteiger partial charge in [-0.3, -0.25) is 0 Å². The zero-order valence-corrected chi connectivity index (χ0v) is 8.31. The molecule has 4 heteroatoms. The van der Waals surface area contributed by atoms with Gasteiger partial charge in [-0.25, -0.2) is 9.97 Å². The highest BCUT2D eigenvalue weighted by atomic mass is 79.9. The van der Waals surface area contributed by atoms with Crippen LogP contribution >= 0.6 is 15.9 Å². The molecule has 3 nitrogen and oxygen atoms in total. The van der Waals surface area contributed by atoms with Crippen LogP contribution in [-0.2, 0) is 0 Å². The van der Waals surface area contributed by atoms with Crippen molar-refractivity contribution in [3.05, 3.63) is 16.9 Å². The smallest absolute Gasteiger partial charge is 0.198 e. The van der Waals surface area contributed by atoms with Crippen LogP contribution in [0.4, 0.5) is 5.82 Å². The number of hydrogen-bond acceptors (Lipinski definition) is 3. The van der Waals surface area contributed by atoms with Gasteiger partial charge in [-0.2, -0.15) is 0 Å². The Bertz CT molecular complexity index is 807. The average Bonchev–Trinajstić information content (AvgIpc) is 2.48. The first-order chi connectivity index (χ1) is 12.2.